The van der Waals surface area contributed by atoms with Gasteiger partial charge in [-0.1, -0.05) is 55.7 Å². The van der Waals surface area contributed by atoms with E-state index in [0.29, 0.717) is 25.8 Å². The van der Waals surface area contributed by atoms with Gasteiger partial charge in [0.2, 0.25) is 18.6 Å². The highest BCUT2D eigenvalue weighted by molar-refractivity contribution is 5.88. The van der Waals surface area contributed by atoms with Gasteiger partial charge in [0.25, 0.3) is 0 Å². The Hall–Kier alpha value is -3.02. The van der Waals surface area contributed by atoms with Gasteiger partial charge in [-0.2, -0.15) is 0 Å². The number of nitrogens with one attached hydrogen (secondary N) is 1. The Labute approximate surface area is 196 Å². The Kier molecular flexibility index (Phi) is 7.53. The van der Waals surface area contributed by atoms with Crippen LogP contribution in [0.2, 0.25) is 0 Å². The van der Waals surface area contributed by atoms with E-state index in [9.17, 15) is 9.59 Å². The summed E-state index contributed by atoms with van der Waals surface area (Å²) in [5.41, 5.74) is 3.20. The molecular weight excluding hydrogens is 416 g/mol. The second kappa shape index (κ2) is 10.7. The molecule has 0 radical (unpaired) electrons. The summed E-state index contributed by atoms with van der Waals surface area (Å²) in [6.45, 7) is 4.68. The summed E-state index contributed by atoms with van der Waals surface area (Å²) in [6.07, 6.45) is 5.86. The molecular formula is C27H34N2O4. The van der Waals surface area contributed by atoms with Crippen molar-refractivity contribution in [2.75, 3.05) is 6.79 Å². The molecule has 1 fully saturated rings. The number of amides is 2. The highest BCUT2D eigenvalue weighted by Crippen LogP contribution is 2.33. The van der Waals surface area contributed by atoms with Crippen molar-refractivity contribution in [3.8, 4) is 11.5 Å². The molecule has 6 nitrogen and oxygen atoms in total. The summed E-state index contributed by atoms with van der Waals surface area (Å²) < 4.78 is 10.8. The molecule has 6 heteroatoms. The Morgan fingerprint density at radius 3 is 2.61 bits per heavy atom. The second-order valence-electron chi connectivity index (χ2n) is 9.11. The monoisotopic (exact) mass is 450 g/mol. The number of hydrogen-bond donors (Lipinski definition) is 1. The van der Waals surface area contributed by atoms with Crippen molar-refractivity contribution in [1.29, 1.82) is 0 Å². The lowest BCUT2D eigenvalue weighted by atomic mass is 10.0. The van der Waals surface area contributed by atoms with Gasteiger partial charge in [0.05, 0.1) is 0 Å². The molecule has 0 spiro atoms. The van der Waals surface area contributed by atoms with Crippen LogP contribution in [0.5, 0.6) is 11.5 Å². The first-order valence-corrected chi connectivity index (χ1v) is 12.1. The minimum Gasteiger partial charge on any atom is -0.454 e. The molecule has 1 aliphatic carbocycles. The topological polar surface area (TPSA) is 67.9 Å². The van der Waals surface area contributed by atoms with E-state index in [1.54, 1.807) is 4.90 Å². The lowest BCUT2D eigenvalue weighted by Crippen LogP contribution is -2.51. The SMILES string of the molecule is CC[C@@H](C(=O)NC1CCCC1)N(Cc1cccc(C)c1)C(=O)CCc1ccc2c(c1)OCO2. The van der Waals surface area contributed by atoms with Gasteiger partial charge in [0.1, 0.15) is 6.04 Å². The fraction of sp³-hybridized carbons (Fsp3) is 0.481. The number of fused-ring (bicyclic) bond motifs is 1. The maximum absolute atomic E-state index is 13.5. The third-order valence-electron chi connectivity index (χ3n) is 6.59. The molecule has 1 N–H and O–H groups in total. The number of carbonyl (C=O) groups excluding carboxylic acids is 2. The van der Waals surface area contributed by atoms with Crippen LogP contribution in [0.3, 0.4) is 0 Å². The molecule has 2 amide bonds. The average Bonchev–Trinajstić information content (AvgIpc) is 3.49. The van der Waals surface area contributed by atoms with E-state index < -0.39 is 6.04 Å². The summed E-state index contributed by atoms with van der Waals surface area (Å²) in [7, 11) is 0. The maximum Gasteiger partial charge on any atom is 0.243 e. The molecule has 2 aliphatic rings. The zero-order valence-corrected chi connectivity index (χ0v) is 19.6. The number of ether oxygens (including phenoxy) is 2. The number of rotatable bonds is 9. The standard InChI is InChI=1S/C27H34N2O4/c1-3-23(27(31)28-22-9-4-5-10-22)29(17-21-8-6-7-19(2)15-21)26(30)14-12-20-11-13-24-25(16-20)33-18-32-24/h6-8,11,13,15-16,22-23H,3-5,9-10,12,14,17-18H2,1-2H3,(H,28,31)/t23-/m0/s1. The van der Waals surface area contributed by atoms with E-state index in [-0.39, 0.29) is 24.6 Å². The number of carbonyl (C=O) groups is 2. The molecule has 176 valence electrons. The molecule has 4 rings (SSSR count). The van der Waals surface area contributed by atoms with Crippen LogP contribution >= 0.6 is 0 Å². The van der Waals surface area contributed by atoms with Gasteiger partial charge in [-0.15, -0.1) is 0 Å². The normalized spacial score (nSPS) is 15.9. The summed E-state index contributed by atoms with van der Waals surface area (Å²) >= 11 is 0. The Bertz CT molecular complexity index is 984. The van der Waals surface area contributed by atoms with Crippen molar-refractivity contribution in [1.82, 2.24) is 10.2 Å². The van der Waals surface area contributed by atoms with Gasteiger partial charge in [0.15, 0.2) is 11.5 Å². The van der Waals surface area contributed by atoms with Crippen LogP contribution in [-0.4, -0.2) is 35.6 Å². The molecule has 0 bridgehead atoms. The van der Waals surface area contributed by atoms with E-state index in [2.05, 4.69) is 11.4 Å². The van der Waals surface area contributed by atoms with Crippen molar-refractivity contribution in [2.24, 2.45) is 0 Å². The number of nitrogens with zero attached hydrogens (tertiary/aromatic N) is 1. The molecule has 0 saturated heterocycles. The molecule has 2 aromatic rings. The van der Waals surface area contributed by atoms with Crippen LogP contribution in [0.25, 0.3) is 0 Å². The molecule has 0 unspecified atom stereocenters. The summed E-state index contributed by atoms with van der Waals surface area (Å²) in [5.74, 6) is 1.41. The van der Waals surface area contributed by atoms with E-state index in [0.717, 1.165) is 53.9 Å². The quantitative estimate of drug-likeness (QED) is 0.610. The largest absolute Gasteiger partial charge is 0.454 e. The molecule has 33 heavy (non-hydrogen) atoms. The smallest absolute Gasteiger partial charge is 0.243 e. The van der Waals surface area contributed by atoms with Gasteiger partial charge in [-0.3, -0.25) is 9.59 Å². The molecule has 0 aromatic heterocycles. The van der Waals surface area contributed by atoms with E-state index in [1.807, 2.05) is 50.2 Å². The predicted molar refractivity (Wildman–Crippen MR) is 127 cm³/mol. The lowest BCUT2D eigenvalue weighted by molar-refractivity contribution is -0.141. The van der Waals surface area contributed by atoms with Crippen LogP contribution in [0.1, 0.15) is 62.1 Å². The average molecular weight is 451 g/mol. The van der Waals surface area contributed by atoms with Gasteiger partial charge in [0, 0.05) is 19.0 Å². The summed E-state index contributed by atoms with van der Waals surface area (Å²) in [4.78, 5) is 28.4. The van der Waals surface area contributed by atoms with Crippen LogP contribution in [-0.2, 0) is 22.6 Å². The Balaban J connectivity index is 1.48. The van der Waals surface area contributed by atoms with E-state index >= 15 is 0 Å². The molecule has 1 aliphatic heterocycles. The highest BCUT2D eigenvalue weighted by atomic mass is 16.7. The minimum absolute atomic E-state index is 0.0115. The fourth-order valence-corrected chi connectivity index (χ4v) is 4.79. The summed E-state index contributed by atoms with van der Waals surface area (Å²) in [6, 6.07) is 13.7. The van der Waals surface area contributed by atoms with E-state index in [4.69, 9.17) is 9.47 Å². The van der Waals surface area contributed by atoms with Gasteiger partial charge in [-0.05, 0) is 55.9 Å². The second-order valence-corrected chi connectivity index (χ2v) is 9.11. The van der Waals surface area contributed by atoms with Gasteiger partial charge in [-0.25, -0.2) is 0 Å². The number of benzene rings is 2. The van der Waals surface area contributed by atoms with Crippen molar-refractivity contribution in [3.05, 3.63) is 59.2 Å². The Morgan fingerprint density at radius 2 is 1.85 bits per heavy atom. The number of hydrogen-bond acceptors (Lipinski definition) is 4. The zero-order chi connectivity index (χ0) is 23.2. The first-order chi connectivity index (χ1) is 16.0. The van der Waals surface area contributed by atoms with Crippen molar-refractivity contribution in [2.45, 2.75) is 77.4 Å². The Morgan fingerprint density at radius 1 is 1.06 bits per heavy atom. The molecule has 1 heterocycles. The number of aryl methyl sites for hydroxylation is 2. The minimum atomic E-state index is -0.477. The van der Waals surface area contributed by atoms with Crippen LogP contribution in [0, 0.1) is 6.92 Å². The van der Waals surface area contributed by atoms with Gasteiger partial charge < -0.3 is 19.7 Å². The first kappa shape index (κ1) is 23.1. The maximum atomic E-state index is 13.5. The van der Waals surface area contributed by atoms with Gasteiger partial charge >= 0.3 is 0 Å². The predicted octanol–water partition coefficient (Wildman–Crippen LogP) is 4.52. The van der Waals surface area contributed by atoms with E-state index in [1.165, 1.54) is 0 Å². The zero-order valence-electron chi connectivity index (χ0n) is 19.6. The first-order valence-electron chi connectivity index (χ1n) is 12.1. The molecule has 2 aromatic carbocycles. The fourth-order valence-electron chi connectivity index (χ4n) is 4.79. The third kappa shape index (κ3) is 5.86. The van der Waals surface area contributed by atoms with Crippen molar-refractivity contribution in [3.63, 3.8) is 0 Å². The van der Waals surface area contributed by atoms with Crippen molar-refractivity contribution < 1.29 is 19.1 Å². The van der Waals surface area contributed by atoms with Crippen LogP contribution in [0.4, 0.5) is 0 Å². The lowest BCUT2D eigenvalue weighted by Gasteiger charge is -2.31. The van der Waals surface area contributed by atoms with Crippen LogP contribution in [0.15, 0.2) is 42.5 Å². The third-order valence-corrected chi connectivity index (χ3v) is 6.59. The molecule has 1 saturated carbocycles. The summed E-state index contributed by atoms with van der Waals surface area (Å²) in [5, 5.41) is 3.20. The van der Waals surface area contributed by atoms with Crippen molar-refractivity contribution >= 4 is 11.8 Å². The van der Waals surface area contributed by atoms with Crippen LogP contribution < -0.4 is 14.8 Å². The molecule has 1 atom stereocenters. The highest BCUT2D eigenvalue weighted by Gasteiger charge is 2.30.